The predicted molar refractivity (Wildman–Crippen MR) is 67.4 cm³/mol. The summed E-state index contributed by atoms with van der Waals surface area (Å²) in [5, 5.41) is 3.27. The molecule has 0 saturated carbocycles. The summed E-state index contributed by atoms with van der Waals surface area (Å²) in [6.45, 7) is 7.25. The number of halogens is 1. The van der Waals surface area contributed by atoms with Crippen LogP contribution in [0.4, 0.5) is 5.82 Å². The van der Waals surface area contributed by atoms with Gasteiger partial charge in [0, 0.05) is 18.8 Å². The van der Waals surface area contributed by atoms with Gasteiger partial charge in [0.2, 0.25) is 0 Å². The Morgan fingerprint density at radius 1 is 1.40 bits per heavy atom. The molecule has 3 nitrogen and oxygen atoms in total. The van der Waals surface area contributed by atoms with Gasteiger partial charge in [0.15, 0.2) is 0 Å². The van der Waals surface area contributed by atoms with Gasteiger partial charge < -0.3 is 11.1 Å². The van der Waals surface area contributed by atoms with Crippen LogP contribution in [-0.2, 0) is 0 Å². The molecule has 0 saturated heterocycles. The van der Waals surface area contributed by atoms with Crippen LogP contribution in [0.2, 0.25) is 0 Å². The predicted octanol–water partition coefficient (Wildman–Crippen LogP) is 2.59. The van der Waals surface area contributed by atoms with Gasteiger partial charge in [-0.2, -0.15) is 0 Å². The van der Waals surface area contributed by atoms with E-state index in [2.05, 4.69) is 24.1 Å². The molecule has 0 spiro atoms. The van der Waals surface area contributed by atoms with Crippen molar-refractivity contribution in [2.75, 3.05) is 11.9 Å². The van der Waals surface area contributed by atoms with E-state index in [9.17, 15) is 0 Å². The summed E-state index contributed by atoms with van der Waals surface area (Å²) in [7, 11) is 0. The molecule has 0 aliphatic carbocycles. The molecular weight excluding hydrogens is 210 g/mol. The highest BCUT2D eigenvalue weighted by Crippen LogP contribution is 2.12. The number of aromatic nitrogens is 1. The van der Waals surface area contributed by atoms with Gasteiger partial charge in [-0.15, -0.1) is 12.4 Å². The third-order valence-electron chi connectivity index (χ3n) is 2.00. The number of nitrogens with one attached hydrogen (secondary N) is 1. The van der Waals surface area contributed by atoms with Crippen molar-refractivity contribution in [3.63, 3.8) is 0 Å². The molecule has 15 heavy (non-hydrogen) atoms. The molecule has 0 fully saturated rings. The molecule has 4 heteroatoms. The van der Waals surface area contributed by atoms with E-state index >= 15 is 0 Å². The number of pyridine rings is 1. The fraction of sp³-hybridized carbons (Fsp3) is 0.545. The summed E-state index contributed by atoms with van der Waals surface area (Å²) in [6, 6.07) is 4.02. The molecular formula is C11H20ClN3. The number of hydrogen-bond acceptors (Lipinski definition) is 3. The number of nitrogens with zero attached hydrogens (tertiary/aromatic N) is 1. The minimum Gasteiger partial charge on any atom is -0.370 e. The Balaban J connectivity index is 0.00000196. The Morgan fingerprint density at radius 2 is 2.07 bits per heavy atom. The fourth-order valence-electron chi connectivity index (χ4n) is 1.14. The summed E-state index contributed by atoms with van der Waals surface area (Å²) in [5.41, 5.74) is 6.90. The van der Waals surface area contributed by atoms with E-state index in [-0.39, 0.29) is 18.4 Å². The Morgan fingerprint density at radius 3 is 2.60 bits per heavy atom. The lowest BCUT2D eigenvalue weighted by molar-refractivity contribution is 0.686. The van der Waals surface area contributed by atoms with Gasteiger partial charge in [0.1, 0.15) is 5.82 Å². The summed E-state index contributed by atoms with van der Waals surface area (Å²) >= 11 is 0. The first-order chi connectivity index (χ1) is 6.59. The second kappa shape index (κ2) is 6.64. The van der Waals surface area contributed by atoms with E-state index in [0.29, 0.717) is 5.92 Å². The molecule has 1 heterocycles. The normalized spacial score (nSPS) is 12.1. The smallest absolute Gasteiger partial charge is 0.126 e. The first-order valence-corrected chi connectivity index (χ1v) is 5.05. The highest BCUT2D eigenvalue weighted by Gasteiger charge is 2.01. The van der Waals surface area contributed by atoms with Crippen molar-refractivity contribution in [3.05, 3.63) is 23.9 Å². The van der Waals surface area contributed by atoms with Crippen molar-refractivity contribution in [3.8, 4) is 0 Å². The maximum Gasteiger partial charge on any atom is 0.126 e. The van der Waals surface area contributed by atoms with Gasteiger partial charge in [-0.1, -0.05) is 13.8 Å². The standard InChI is InChI=1S/C11H19N3.ClH/c1-8(2)7-14-11-6-10(9(3)12)4-5-13-11;/h4-6,8-9H,7,12H2,1-3H3,(H,13,14);1H. The molecule has 0 aliphatic heterocycles. The molecule has 0 aromatic carbocycles. The highest BCUT2D eigenvalue weighted by atomic mass is 35.5. The van der Waals surface area contributed by atoms with Crippen LogP contribution < -0.4 is 11.1 Å². The van der Waals surface area contributed by atoms with Gasteiger partial charge in [0.05, 0.1) is 0 Å². The van der Waals surface area contributed by atoms with Crippen LogP contribution in [0.15, 0.2) is 18.3 Å². The maximum absolute atomic E-state index is 5.78. The monoisotopic (exact) mass is 229 g/mol. The summed E-state index contributed by atoms with van der Waals surface area (Å²) in [6.07, 6.45) is 1.79. The van der Waals surface area contributed by atoms with Crippen molar-refractivity contribution in [1.82, 2.24) is 4.98 Å². The van der Waals surface area contributed by atoms with Gasteiger partial charge >= 0.3 is 0 Å². The average molecular weight is 230 g/mol. The van der Waals surface area contributed by atoms with Crippen LogP contribution in [0.3, 0.4) is 0 Å². The molecule has 3 N–H and O–H groups in total. The minimum atomic E-state index is 0. The van der Waals surface area contributed by atoms with E-state index in [1.54, 1.807) is 6.20 Å². The molecule has 0 bridgehead atoms. The zero-order chi connectivity index (χ0) is 10.6. The number of rotatable bonds is 4. The SMILES string of the molecule is CC(C)CNc1cc(C(C)N)ccn1.Cl. The second-order valence-corrected chi connectivity index (χ2v) is 4.04. The lowest BCUT2D eigenvalue weighted by atomic mass is 10.1. The van der Waals surface area contributed by atoms with Gasteiger partial charge in [-0.05, 0) is 30.5 Å². The molecule has 0 aliphatic rings. The zero-order valence-electron chi connectivity index (χ0n) is 9.53. The fourth-order valence-corrected chi connectivity index (χ4v) is 1.14. The van der Waals surface area contributed by atoms with E-state index in [4.69, 9.17) is 5.73 Å². The summed E-state index contributed by atoms with van der Waals surface area (Å²) in [5.74, 6) is 1.53. The van der Waals surface area contributed by atoms with Crippen molar-refractivity contribution >= 4 is 18.2 Å². The van der Waals surface area contributed by atoms with E-state index in [1.807, 2.05) is 19.1 Å². The quantitative estimate of drug-likeness (QED) is 0.835. The topological polar surface area (TPSA) is 50.9 Å². The first kappa shape index (κ1) is 14.2. The van der Waals surface area contributed by atoms with Crippen LogP contribution in [0.1, 0.15) is 32.4 Å². The van der Waals surface area contributed by atoms with Crippen molar-refractivity contribution in [2.45, 2.75) is 26.8 Å². The largest absolute Gasteiger partial charge is 0.370 e. The average Bonchev–Trinajstić information content (AvgIpc) is 2.15. The molecule has 1 aromatic heterocycles. The van der Waals surface area contributed by atoms with Crippen molar-refractivity contribution in [2.24, 2.45) is 11.7 Å². The van der Waals surface area contributed by atoms with Crippen LogP contribution in [0.25, 0.3) is 0 Å². The van der Waals surface area contributed by atoms with Crippen LogP contribution in [0.5, 0.6) is 0 Å². The molecule has 1 atom stereocenters. The highest BCUT2D eigenvalue weighted by molar-refractivity contribution is 5.85. The lowest BCUT2D eigenvalue weighted by Crippen LogP contribution is -2.11. The molecule has 1 rings (SSSR count). The van der Waals surface area contributed by atoms with Gasteiger partial charge in [0.25, 0.3) is 0 Å². The number of nitrogens with two attached hydrogens (primary N) is 1. The second-order valence-electron chi connectivity index (χ2n) is 4.04. The summed E-state index contributed by atoms with van der Waals surface area (Å²) in [4.78, 5) is 4.23. The van der Waals surface area contributed by atoms with Crippen LogP contribution >= 0.6 is 12.4 Å². The number of hydrogen-bond donors (Lipinski definition) is 2. The number of anilines is 1. The Kier molecular flexibility index (Phi) is 6.29. The Bertz CT molecular complexity index is 287. The lowest BCUT2D eigenvalue weighted by Gasteiger charge is -2.10. The maximum atomic E-state index is 5.78. The third kappa shape index (κ3) is 5.00. The van der Waals surface area contributed by atoms with Crippen LogP contribution in [-0.4, -0.2) is 11.5 Å². The molecule has 0 amide bonds. The van der Waals surface area contributed by atoms with Crippen molar-refractivity contribution < 1.29 is 0 Å². The van der Waals surface area contributed by atoms with Crippen molar-refractivity contribution in [1.29, 1.82) is 0 Å². The van der Waals surface area contributed by atoms with E-state index in [1.165, 1.54) is 0 Å². The van der Waals surface area contributed by atoms with Gasteiger partial charge in [-0.3, -0.25) is 0 Å². The van der Waals surface area contributed by atoms with Gasteiger partial charge in [-0.25, -0.2) is 4.98 Å². The van der Waals surface area contributed by atoms with E-state index in [0.717, 1.165) is 17.9 Å². The first-order valence-electron chi connectivity index (χ1n) is 5.05. The Labute approximate surface area is 97.9 Å². The molecule has 86 valence electrons. The molecule has 1 unspecified atom stereocenters. The van der Waals surface area contributed by atoms with E-state index < -0.39 is 0 Å². The summed E-state index contributed by atoms with van der Waals surface area (Å²) < 4.78 is 0. The zero-order valence-corrected chi connectivity index (χ0v) is 10.3. The minimum absolute atomic E-state index is 0. The Hall–Kier alpha value is -0.800. The molecule has 1 aromatic rings. The third-order valence-corrected chi connectivity index (χ3v) is 2.00. The van der Waals surface area contributed by atoms with Crippen LogP contribution in [0, 0.1) is 5.92 Å². The molecule has 0 radical (unpaired) electrons.